The van der Waals surface area contributed by atoms with Crippen molar-refractivity contribution in [2.75, 3.05) is 7.11 Å². The van der Waals surface area contributed by atoms with Gasteiger partial charge in [-0.15, -0.1) is 11.6 Å². The predicted octanol–water partition coefficient (Wildman–Crippen LogP) is 2.34. The molecule has 0 spiro atoms. The van der Waals surface area contributed by atoms with Crippen molar-refractivity contribution in [2.24, 2.45) is 0 Å². The fourth-order valence-corrected chi connectivity index (χ4v) is 1.68. The van der Waals surface area contributed by atoms with Crippen molar-refractivity contribution in [1.82, 2.24) is 0 Å². The summed E-state index contributed by atoms with van der Waals surface area (Å²) in [5.41, 5.74) is 2.10. The van der Waals surface area contributed by atoms with Gasteiger partial charge in [-0.1, -0.05) is 6.07 Å². The zero-order chi connectivity index (χ0) is 12.1. The first kappa shape index (κ1) is 12.7. The number of hydrogen-bond donors (Lipinski definition) is 0. The van der Waals surface area contributed by atoms with Gasteiger partial charge in [-0.3, -0.25) is 4.79 Å². The van der Waals surface area contributed by atoms with Crippen LogP contribution in [0.25, 0.3) is 0 Å². The maximum absolute atomic E-state index is 11.3. The molecule has 0 aliphatic heterocycles. The van der Waals surface area contributed by atoms with Crippen LogP contribution in [0.5, 0.6) is 0 Å². The highest BCUT2D eigenvalue weighted by molar-refractivity contribution is 6.17. The van der Waals surface area contributed by atoms with E-state index in [1.165, 1.54) is 14.0 Å². The van der Waals surface area contributed by atoms with E-state index in [1.54, 1.807) is 18.2 Å². The minimum Gasteiger partial charge on any atom is -0.465 e. The molecule has 0 N–H and O–H groups in total. The monoisotopic (exact) mass is 240 g/mol. The Morgan fingerprint density at radius 2 is 2.00 bits per heavy atom. The molecule has 1 rings (SSSR count). The number of ketones is 1. The zero-order valence-electron chi connectivity index (χ0n) is 9.25. The first-order valence-corrected chi connectivity index (χ1v) is 5.37. The maximum atomic E-state index is 11.3. The van der Waals surface area contributed by atoms with Gasteiger partial charge in [0.25, 0.3) is 0 Å². The first-order chi connectivity index (χ1) is 7.58. The molecule has 0 aliphatic carbocycles. The molecule has 0 saturated heterocycles. The smallest absolute Gasteiger partial charge is 0.337 e. The fraction of sp³-hybridized carbons (Fsp3) is 0.333. The topological polar surface area (TPSA) is 43.4 Å². The highest BCUT2D eigenvalue weighted by Crippen LogP contribution is 2.16. The average molecular weight is 241 g/mol. The van der Waals surface area contributed by atoms with Crippen LogP contribution < -0.4 is 0 Å². The Balaban J connectivity index is 3.06. The maximum Gasteiger partial charge on any atom is 0.337 e. The molecule has 0 saturated carbocycles. The molecular formula is C12H13ClO3. The summed E-state index contributed by atoms with van der Waals surface area (Å²) in [6, 6.07) is 5.04. The van der Waals surface area contributed by atoms with Gasteiger partial charge in [0.15, 0.2) is 0 Å². The average Bonchev–Trinajstić information content (AvgIpc) is 2.27. The normalized spacial score (nSPS) is 9.94. The van der Waals surface area contributed by atoms with Gasteiger partial charge >= 0.3 is 5.97 Å². The van der Waals surface area contributed by atoms with Crippen LogP contribution in [0.15, 0.2) is 18.2 Å². The molecule has 0 amide bonds. The molecule has 0 radical (unpaired) electrons. The van der Waals surface area contributed by atoms with Crippen molar-refractivity contribution >= 4 is 23.4 Å². The van der Waals surface area contributed by atoms with Crippen LogP contribution in [0.4, 0.5) is 0 Å². The van der Waals surface area contributed by atoms with Crippen molar-refractivity contribution in [3.05, 3.63) is 34.9 Å². The van der Waals surface area contributed by atoms with Gasteiger partial charge in [0.05, 0.1) is 12.7 Å². The number of carbonyl (C=O) groups excluding carboxylic acids is 2. The third-order valence-electron chi connectivity index (χ3n) is 2.21. The van der Waals surface area contributed by atoms with Crippen LogP contribution in [0, 0.1) is 0 Å². The molecular weight excluding hydrogens is 228 g/mol. The molecule has 0 bridgehead atoms. The van der Waals surface area contributed by atoms with Gasteiger partial charge in [-0.25, -0.2) is 4.79 Å². The summed E-state index contributed by atoms with van der Waals surface area (Å²) in [6.45, 7) is 1.52. The summed E-state index contributed by atoms with van der Waals surface area (Å²) in [6.07, 6.45) is 0.337. The molecule has 0 fully saturated rings. The van der Waals surface area contributed by atoms with Crippen LogP contribution >= 0.6 is 11.6 Å². The third kappa shape index (κ3) is 3.07. The molecule has 0 atom stereocenters. The number of Topliss-reactive ketones (excluding diaryl/α,β-unsaturated/α-hetero) is 1. The standard InChI is InChI=1S/C12H13ClO3/c1-8(14)5-9-3-4-10(12(15)16-2)6-11(9)7-13/h3-4,6H,5,7H2,1-2H3. The molecule has 0 aromatic heterocycles. The van der Waals surface area contributed by atoms with Crippen LogP contribution in [-0.2, 0) is 21.8 Å². The van der Waals surface area contributed by atoms with Crippen molar-refractivity contribution in [3.8, 4) is 0 Å². The van der Waals surface area contributed by atoms with E-state index in [0.717, 1.165) is 11.1 Å². The van der Waals surface area contributed by atoms with E-state index in [-0.39, 0.29) is 11.7 Å². The molecule has 16 heavy (non-hydrogen) atoms. The van der Waals surface area contributed by atoms with Gasteiger partial charge < -0.3 is 4.74 Å². The van der Waals surface area contributed by atoms with Crippen LogP contribution in [0.2, 0.25) is 0 Å². The predicted molar refractivity (Wildman–Crippen MR) is 61.7 cm³/mol. The summed E-state index contributed by atoms with van der Waals surface area (Å²) in [4.78, 5) is 22.3. The van der Waals surface area contributed by atoms with Gasteiger partial charge in [-0.05, 0) is 30.2 Å². The van der Waals surface area contributed by atoms with Crippen LogP contribution in [0.1, 0.15) is 28.4 Å². The van der Waals surface area contributed by atoms with E-state index in [2.05, 4.69) is 4.74 Å². The second-order valence-corrected chi connectivity index (χ2v) is 3.75. The number of alkyl halides is 1. The number of benzene rings is 1. The quantitative estimate of drug-likeness (QED) is 0.599. The second-order valence-electron chi connectivity index (χ2n) is 3.49. The highest BCUT2D eigenvalue weighted by Gasteiger charge is 2.10. The molecule has 4 heteroatoms. The Bertz CT molecular complexity index is 413. The number of rotatable bonds is 4. The number of halogens is 1. The van der Waals surface area contributed by atoms with Crippen molar-refractivity contribution in [1.29, 1.82) is 0 Å². The van der Waals surface area contributed by atoms with Gasteiger partial charge in [0, 0.05) is 12.3 Å². The van der Waals surface area contributed by atoms with Crippen molar-refractivity contribution in [3.63, 3.8) is 0 Å². The Morgan fingerprint density at radius 1 is 1.31 bits per heavy atom. The van der Waals surface area contributed by atoms with Crippen molar-refractivity contribution in [2.45, 2.75) is 19.2 Å². The Labute approximate surface area is 99.4 Å². The van der Waals surface area contributed by atoms with Crippen LogP contribution in [-0.4, -0.2) is 18.9 Å². The van der Waals surface area contributed by atoms with Gasteiger partial charge in [0.2, 0.25) is 0 Å². The lowest BCUT2D eigenvalue weighted by Gasteiger charge is -2.07. The van der Waals surface area contributed by atoms with Crippen LogP contribution in [0.3, 0.4) is 0 Å². The Hall–Kier alpha value is -1.35. The minimum absolute atomic E-state index is 0.0668. The van der Waals surface area contributed by atoms with E-state index < -0.39 is 5.97 Å². The Morgan fingerprint density at radius 3 is 2.50 bits per heavy atom. The Kier molecular flexibility index (Phi) is 4.50. The van der Waals surface area contributed by atoms with Gasteiger partial charge in [-0.2, -0.15) is 0 Å². The third-order valence-corrected chi connectivity index (χ3v) is 2.50. The molecule has 3 nitrogen and oxygen atoms in total. The van der Waals surface area contributed by atoms with E-state index in [9.17, 15) is 9.59 Å². The number of methoxy groups -OCH3 is 1. The SMILES string of the molecule is COC(=O)c1ccc(CC(C)=O)c(CCl)c1. The molecule has 1 aromatic rings. The molecule has 0 heterocycles. The number of hydrogen-bond acceptors (Lipinski definition) is 3. The van der Waals surface area contributed by atoms with E-state index in [4.69, 9.17) is 11.6 Å². The lowest BCUT2D eigenvalue weighted by Crippen LogP contribution is -2.05. The fourth-order valence-electron chi connectivity index (χ4n) is 1.44. The second kappa shape index (κ2) is 5.66. The molecule has 0 aliphatic rings. The summed E-state index contributed by atoms with van der Waals surface area (Å²) >= 11 is 5.77. The number of esters is 1. The van der Waals surface area contributed by atoms with E-state index >= 15 is 0 Å². The lowest BCUT2D eigenvalue weighted by molar-refractivity contribution is -0.116. The highest BCUT2D eigenvalue weighted by atomic mass is 35.5. The summed E-state index contributed by atoms with van der Waals surface area (Å²) in [7, 11) is 1.33. The summed E-state index contributed by atoms with van der Waals surface area (Å²) in [5, 5.41) is 0. The molecule has 0 unspecified atom stereocenters. The summed E-state index contributed by atoms with van der Waals surface area (Å²) in [5.74, 6) is -0.0640. The van der Waals surface area contributed by atoms with Gasteiger partial charge in [0.1, 0.15) is 5.78 Å². The first-order valence-electron chi connectivity index (χ1n) is 4.84. The van der Waals surface area contributed by atoms with E-state index in [0.29, 0.717) is 12.0 Å². The van der Waals surface area contributed by atoms with Crippen molar-refractivity contribution < 1.29 is 14.3 Å². The number of carbonyl (C=O) groups is 2. The molecule has 1 aromatic carbocycles. The molecule has 86 valence electrons. The zero-order valence-corrected chi connectivity index (χ0v) is 10.0. The number of ether oxygens (including phenoxy) is 1. The summed E-state index contributed by atoms with van der Waals surface area (Å²) < 4.78 is 4.61. The minimum atomic E-state index is -0.402. The lowest BCUT2D eigenvalue weighted by atomic mass is 10.0. The van der Waals surface area contributed by atoms with E-state index in [1.807, 2.05) is 0 Å². The largest absolute Gasteiger partial charge is 0.465 e.